The molecule has 0 bridgehead atoms. The summed E-state index contributed by atoms with van der Waals surface area (Å²) in [4.78, 5) is 36.8. The lowest BCUT2D eigenvalue weighted by molar-refractivity contribution is 0.256. The number of pyridine rings is 2. The number of unbranched alkanes of at least 4 members (excludes halogenated alkanes) is 1. The lowest BCUT2D eigenvalue weighted by Crippen LogP contribution is -2.40. The van der Waals surface area contributed by atoms with Gasteiger partial charge >= 0.3 is 6.03 Å². The van der Waals surface area contributed by atoms with Crippen LogP contribution in [0.4, 0.5) is 16.2 Å². The summed E-state index contributed by atoms with van der Waals surface area (Å²) in [6.07, 6.45) is 3.31. The van der Waals surface area contributed by atoms with Gasteiger partial charge in [-0.15, -0.1) is 0 Å². The molecule has 2 heterocycles. The van der Waals surface area contributed by atoms with Gasteiger partial charge in [-0.3, -0.25) is 9.69 Å². The van der Waals surface area contributed by atoms with Gasteiger partial charge in [0.15, 0.2) is 0 Å². The van der Waals surface area contributed by atoms with Crippen LogP contribution in [0.5, 0.6) is 0 Å². The molecule has 6 nitrogen and oxygen atoms in total. The van der Waals surface area contributed by atoms with Gasteiger partial charge in [-0.1, -0.05) is 89.1 Å². The summed E-state index contributed by atoms with van der Waals surface area (Å²) >= 11 is 0. The molecular formula is C32H38N4O2. The predicted octanol–water partition coefficient (Wildman–Crippen LogP) is 7.98. The molecule has 0 saturated heterocycles. The van der Waals surface area contributed by atoms with Gasteiger partial charge < -0.3 is 10.3 Å². The van der Waals surface area contributed by atoms with Crippen LogP contribution in [0.1, 0.15) is 76.0 Å². The van der Waals surface area contributed by atoms with Crippen LogP contribution in [0.15, 0.2) is 65.6 Å². The van der Waals surface area contributed by atoms with Gasteiger partial charge in [0.1, 0.15) is 11.3 Å². The third kappa shape index (κ3) is 5.49. The molecule has 0 radical (unpaired) electrons. The summed E-state index contributed by atoms with van der Waals surface area (Å²) in [6.45, 7) is 13.0. The van der Waals surface area contributed by atoms with Crippen molar-refractivity contribution >= 4 is 28.4 Å². The van der Waals surface area contributed by atoms with Crippen molar-refractivity contribution in [3.05, 3.63) is 87.8 Å². The SMILES string of the molecule is CCCCN(C(=O)Nc1c(C(C)C)cccc1C(C)C)c1c(-c2cccc(C)c2)c2cccnc2[nH]c1=O. The average molecular weight is 511 g/mol. The van der Waals surface area contributed by atoms with Crippen molar-refractivity contribution in [1.29, 1.82) is 0 Å². The Labute approximate surface area is 225 Å². The Hall–Kier alpha value is -3.93. The molecule has 0 spiro atoms. The smallest absolute Gasteiger partial charge is 0.307 e. The van der Waals surface area contributed by atoms with Gasteiger partial charge in [0.2, 0.25) is 0 Å². The molecule has 0 unspecified atom stereocenters. The summed E-state index contributed by atoms with van der Waals surface area (Å²) in [5.74, 6) is 0.456. The van der Waals surface area contributed by atoms with E-state index in [0.29, 0.717) is 23.4 Å². The number of carbonyl (C=O) groups is 1. The summed E-state index contributed by atoms with van der Waals surface area (Å²) in [5.41, 5.74) is 6.17. The number of aryl methyl sites for hydroxylation is 1. The average Bonchev–Trinajstić information content (AvgIpc) is 2.88. The first-order valence-electron chi connectivity index (χ1n) is 13.5. The summed E-state index contributed by atoms with van der Waals surface area (Å²) < 4.78 is 0. The monoisotopic (exact) mass is 510 g/mol. The molecule has 4 aromatic rings. The Bertz CT molecular complexity index is 1480. The Balaban J connectivity index is 1.94. The molecular weight excluding hydrogens is 472 g/mol. The molecule has 0 saturated carbocycles. The van der Waals surface area contributed by atoms with Crippen LogP contribution in [0.25, 0.3) is 22.2 Å². The highest BCUT2D eigenvalue weighted by molar-refractivity contribution is 6.09. The largest absolute Gasteiger partial charge is 0.326 e. The van der Waals surface area contributed by atoms with Crippen LogP contribution in [0, 0.1) is 6.92 Å². The number of rotatable bonds is 8. The lowest BCUT2D eigenvalue weighted by atomic mass is 9.92. The summed E-state index contributed by atoms with van der Waals surface area (Å²) in [5, 5.41) is 4.03. The van der Waals surface area contributed by atoms with Crippen LogP contribution in [-0.2, 0) is 0 Å². The third-order valence-electron chi connectivity index (χ3n) is 6.92. The normalized spacial score (nSPS) is 11.4. The standard InChI is InChI=1S/C32H38N4O2/c1-7-8-18-36(32(38)34-28-24(20(2)3)14-10-15-25(28)21(4)5)29-27(23-13-9-12-22(6)19-23)26-16-11-17-33-30(26)35-31(29)37/h9-17,19-21H,7-8,18H2,1-6H3,(H,34,38)(H,33,35,37). The number of nitrogens with one attached hydrogen (secondary N) is 2. The van der Waals surface area contributed by atoms with Crippen LogP contribution in [0.2, 0.25) is 0 Å². The fourth-order valence-corrected chi connectivity index (χ4v) is 4.97. The minimum atomic E-state index is -0.333. The van der Waals surface area contributed by atoms with Crippen LogP contribution in [0.3, 0.4) is 0 Å². The Morgan fingerprint density at radius 1 is 1.00 bits per heavy atom. The number of benzene rings is 2. The van der Waals surface area contributed by atoms with E-state index in [9.17, 15) is 9.59 Å². The zero-order valence-corrected chi connectivity index (χ0v) is 23.3. The molecule has 2 aromatic heterocycles. The highest BCUT2D eigenvalue weighted by atomic mass is 16.2. The first-order valence-corrected chi connectivity index (χ1v) is 13.5. The Kier molecular flexibility index (Phi) is 8.30. The quantitative estimate of drug-likeness (QED) is 0.252. The van der Waals surface area contributed by atoms with Crippen molar-refractivity contribution in [3.8, 4) is 11.1 Å². The number of anilines is 2. The fraction of sp³-hybridized carbons (Fsp3) is 0.344. The molecule has 2 aromatic carbocycles. The second-order valence-electron chi connectivity index (χ2n) is 10.5. The zero-order chi connectivity index (χ0) is 27.4. The van der Waals surface area contributed by atoms with Crippen molar-refractivity contribution in [3.63, 3.8) is 0 Å². The number of urea groups is 1. The molecule has 0 aliphatic rings. The zero-order valence-electron chi connectivity index (χ0n) is 23.3. The maximum Gasteiger partial charge on any atom is 0.326 e. The van der Waals surface area contributed by atoms with Gasteiger partial charge in [0.25, 0.3) is 5.56 Å². The molecule has 2 N–H and O–H groups in total. The van der Waals surface area contributed by atoms with Crippen LogP contribution >= 0.6 is 0 Å². The van der Waals surface area contributed by atoms with E-state index in [-0.39, 0.29) is 23.4 Å². The van der Waals surface area contributed by atoms with Gasteiger partial charge in [-0.2, -0.15) is 0 Å². The van der Waals surface area contributed by atoms with Crippen LogP contribution in [-0.4, -0.2) is 22.5 Å². The number of fused-ring (bicyclic) bond motifs is 1. The van der Waals surface area contributed by atoms with E-state index >= 15 is 0 Å². The minimum Gasteiger partial charge on any atom is -0.307 e. The van der Waals surface area contributed by atoms with Gasteiger partial charge in [-0.25, -0.2) is 9.78 Å². The molecule has 198 valence electrons. The molecule has 0 aliphatic heterocycles. The van der Waals surface area contributed by atoms with Crippen molar-refractivity contribution in [2.45, 2.75) is 66.2 Å². The number of hydrogen-bond acceptors (Lipinski definition) is 3. The van der Waals surface area contributed by atoms with E-state index in [1.165, 1.54) is 0 Å². The molecule has 4 rings (SSSR count). The number of aromatic nitrogens is 2. The second-order valence-corrected chi connectivity index (χ2v) is 10.5. The topological polar surface area (TPSA) is 78.1 Å². The van der Waals surface area contributed by atoms with Crippen molar-refractivity contribution < 1.29 is 4.79 Å². The number of amides is 2. The number of H-pyrrole nitrogens is 1. The molecule has 2 amide bonds. The summed E-state index contributed by atoms with van der Waals surface area (Å²) in [7, 11) is 0. The summed E-state index contributed by atoms with van der Waals surface area (Å²) in [6, 6.07) is 17.7. The molecule has 0 aliphatic carbocycles. The maximum atomic E-state index is 14.2. The fourth-order valence-electron chi connectivity index (χ4n) is 4.97. The van der Waals surface area contributed by atoms with E-state index in [4.69, 9.17) is 0 Å². The number of para-hydroxylation sites is 1. The van der Waals surface area contributed by atoms with Gasteiger partial charge in [0.05, 0.1) is 0 Å². The van der Waals surface area contributed by atoms with E-state index in [1.807, 2.05) is 49.4 Å². The predicted molar refractivity (Wildman–Crippen MR) is 158 cm³/mol. The first-order chi connectivity index (χ1) is 18.2. The molecule has 38 heavy (non-hydrogen) atoms. The third-order valence-corrected chi connectivity index (χ3v) is 6.92. The van der Waals surface area contributed by atoms with E-state index in [0.717, 1.165) is 46.2 Å². The Morgan fingerprint density at radius 2 is 1.68 bits per heavy atom. The molecule has 6 heteroatoms. The van der Waals surface area contributed by atoms with Crippen molar-refractivity contribution in [1.82, 2.24) is 9.97 Å². The first kappa shape index (κ1) is 27.1. The van der Waals surface area contributed by atoms with Gasteiger partial charge in [0, 0.05) is 29.4 Å². The number of nitrogens with zero attached hydrogens (tertiary/aromatic N) is 2. The number of carbonyl (C=O) groups excluding carboxylic acids is 1. The van der Waals surface area contributed by atoms with Crippen LogP contribution < -0.4 is 15.8 Å². The van der Waals surface area contributed by atoms with E-state index in [1.54, 1.807) is 11.1 Å². The van der Waals surface area contributed by atoms with E-state index < -0.39 is 0 Å². The highest BCUT2D eigenvalue weighted by Gasteiger charge is 2.27. The minimum absolute atomic E-state index is 0.228. The second kappa shape index (κ2) is 11.6. The Morgan fingerprint density at radius 3 is 2.32 bits per heavy atom. The highest BCUT2D eigenvalue weighted by Crippen LogP contribution is 2.36. The van der Waals surface area contributed by atoms with E-state index in [2.05, 4.69) is 62.0 Å². The maximum absolute atomic E-state index is 14.2. The van der Waals surface area contributed by atoms with Crippen molar-refractivity contribution in [2.75, 3.05) is 16.8 Å². The lowest BCUT2D eigenvalue weighted by Gasteiger charge is -2.28. The van der Waals surface area contributed by atoms with Crippen molar-refractivity contribution in [2.24, 2.45) is 0 Å². The molecule has 0 fully saturated rings. The number of aromatic amines is 1. The number of hydrogen-bond donors (Lipinski definition) is 2. The van der Waals surface area contributed by atoms with Gasteiger partial charge in [-0.05, 0) is 54.0 Å². The molecule has 0 atom stereocenters.